The normalized spacial score (nSPS) is 29.4. The molecule has 2 saturated heterocycles. The van der Waals surface area contributed by atoms with Gasteiger partial charge in [0.25, 0.3) is 0 Å². The van der Waals surface area contributed by atoms with Crippen molar-refractivity contribution in [3.8, 4) is 0 Å². The molecule has 0 radical (unpaired) electrons. The van der Waals surface area contributed by atoms with Crippen LogP contribution in [0.2, 0.25) is 0 Å². The fourth-order valence-corrected chi connectivity index (χ4v) is 6.29. The third kappa shape index (κ3) is 16.7. The first kappa shape index (κ1) is 49.0. The van der Waals surface area contributed by atoms with Crippen LogP contribution in [-0.2, 0) is 33.4 Å². The Morgan fingerprint density at radius 2 is 1.36 bits per heavy atom. The number of rotatable bonds is 23. The molecule has 0 bridgehead atoms. The summed E-state index contributed by atoms with van der Waals surface area (Å²) in [5, 5.41) is 80.8. The molecule has 9 N–H and O–H groups in total. The van der Waals surface area contributed by atoms with E-state index < -0.39 is 116 Å². The molecule has 0 aliphatic carbocycles. The van der Waals surface area contributed by atoms with Crippen LogP contribution < -0.4 is 50.6 Å². The van der Waals surface area contributed by atoms with Crippen LogP contribution in [0.4, 0.5) is 0 Å². The first-order valence-electron chi connectivity index (χ1n) is 18.3. The van der Waals surface area contributed by atoms with Gasteiger partial charge in [0.1, 0.15) is 54.7 Å². The second kappa shape index (κ2) is 26.0. The van der Waals surface area contributed by atoms with Gasteiger partial charge < -0.3 is 65.9 Å². The van der Waals surface area contributed by atoms with E-state index in [4.69, 9.17) is 14.2 Å². The predicted octanol–water partition coefficient (Wildman–Crippen LogP) is -4.68. The molecule has 2 rings (SSSR count). The molecule has 1 unspecified atom stereocenters. The largest absolute Gasteiger partial charge is 1.00 e. The van der Waals surface area contributed by atoms with Crippen LogP contribution in [0.25, 0.3) is 0 Å². The third-order valence-corrected chi connectivity index (χ3v) is 9.07. The molecule has 11 atom stereocenters. The van der Waals surface area contributed by atoms with Gasteiger partial charge in [-0.1, -0.05) is 71.1 Å². The number of ether oxygens (including phenoxy) is 3. The van der Waals surface area contributed by atoms with Gasteiger partial charge in [-0.15, -0.1) is 0 Å². The van der Waals surface area contributed by atoms with E-state index in [1.807, 2.05) is 0 Å². The number of carbonyl (C=O) groups is 4. The second-order valence-electron chi connectivity index (χ2n) is 13.5. The Bertz CT molecular complexity index is 1150. The summed E-state index contributed by atoms with van der Waals surface area (Å²) in [4.78, 5) is 53.1. The molecule has 0 aromatic rings. The molecule has 300 valence electrons. The molecule has 3 amide bonds. The maximum Gasteiger partial charge on any atom is 1.00 e. The van der Waals surface area contributed by atoms with Crippen LogP contribution >= 0.6 is 0 Å². The predicted molar refractivity (Wildman–Crippen MR) is 182 cm³/mol. The Balaban J connectivity index is 0.0000140. The molecule has 2 heterocycles. The number of unbranched alkanes of at least 4 members (excludes halogenated alkanes) is 10. The number of aliphatic imine (C=N–C) groups is 1. The van der Waals surface area contributed by atoms with Crippen LogP contribution in [0.5, 0.6) is 0 Å². The smallest absolute Gasteiger partial charge is 0.862 e. The number of carboxylic acids is 1. The number of aliphatic carboxylic acids is 1. The van der Waals surface area contributed by atoms with Gasteiger partial charge in [0.15, 0.2) is 12.5 Å². The zero-order chi connectivity index (χ0) is 38.8. The summed E-state index contributed by atoms with van der Waals surface area (Å²) in [5.74, 6) is -4.38. The number of aliphatic hydroxyl groups excluding tert-OH is 5. The molecule has 0 spiro atoms. The van der Waals surface area contributed by atoms with Crippen molar-refractivity contribution in [1.82, 2.24) is 16.0 Å². The average molecular weight is 771 g/mol. The maximum atomic E-state index is 13.0. The molecule has 0 saturated carbocycles. The van der Waals surface area contributed by atoms with Gasteiger partial charge in [-0.3, -0.25) is 19.4 Å². The maximum absolute atomic E-state index is 13.0. The molecule has 2 aliphatic heterocycles. The Morgan fingerprint density at radius 3 is 1.87 bits per heavy atom. The Morgan fingerprint density at radius 1 is 0.792 bits per heavy atom. The van der Waals surface area contributed by atoms with Gasteiger partial charge in [-0.25, -0.2) is 4.79 Å². The van der Waals surface area contributed by atoms with Crippen molar-refractivity contribution in [2.45, 2.75) is 172 Å². The summed E-state index contributed by atoms with van der Waals surface area (Å²) < 4.78 is 17.1. The Hall–Kier alpha value is -1.97. The molecule has 2 aliphatic rings. The van der Waals surface area contributed by atoms with E-state index in [1.54, 1.807) is 0 Å². The van der Waals surface area contributed by atoms with E-state index in [1.165, 1.54) is 38.5 Å². The van der Waals surface area contributed by atoms with Crippen molar-refractivity contribution in [3.63, 3.8) is 0 Å². The number of amides is 3. The topological polar surface area (TPSA) is 289 Å². The van der Waals surface area contributed by atoms with Crippen LogP contribution in [0.1, 0.15) is 104 Å². The summed E-state index contributed by atoms with van der Waals surface area (Å²) in [6.07, 6.45) is -1.41. The summed E-state index contributed by atoms with van der Waals surface area (Å²) >= 11 is 0. The summed E-state index contributed by atoms with van der Waals surface area (Å²) in [6.45, 7) is 2.78. The van der Waals surface area contributed by atoms with E-state index in [0.29, 0.717) is 6.42 Å². The molecule has 18 nitrogen and oxygen atoms in total. The number of nitrogens with zero attached hydrogens (tertiary/aromatic N) is 1. The molecule has 2 fully saturated rings. The zero-order valence-corrected chi connectivity index (χ0v) is 33.4. The van der Waals surface area contributed by atoms with Crippen molar-refractivity contribution >= 4 is 29.6 Å². The number of nitrogens with one attached hydrogen (secondary N) is 3. The number of hydrogen-bond acceptors (Lipinski definition) is 14. The quantitative estimate of drug-likeness (QED) is 0.0204. The number of carboxylic acid groups (broad SMARTS) is 1. The molecule has 19 heteroatoms. The standard InChI is InChI=1S/C34H60N4O14.Na/c1-4-5-6-7-8-9-10-11-12-13-14-15-24(43)37-21(33(48)49)16-25(44)38-32-26(35-19(2)41)30(47)31(23(18-40)50-32)52-34-27(36-20(3)42)29(46)28(45)22(17-39)51-34;/h21-23,26-32,34,39-40,45-47H,4-18H2,1-3H3,(H,35,41)(H,36,42)(H,37,43)(H,38,44)(H,48,49);/q;+1/p-1/t21?,22-,23-,26-,27-,28-,29-,30-,31-,32-,34+;/m1./s1. The van der Waals surface area contributed by atoms with Crippen molar-refractivity contribution in [1.29, 1.82) is 0 Å². The SMILES string of the molecule is CCCCCCCCCCCCCC(=O)NC(CC(=O)N[C@@H]1O[C@H](CO)[C@@H](O[C@@H]2O[C@H](CO)[C@@H](O)[C@H](O)[C@H]2NC(C)=O)[C@H](O)[C@H]1N=C(C)[O-])C(=O)O.[Na+]. The fraction of sp³-hybridized carbons (Fsp3) is 0.853. The van der Waals surface area contributed by atoms with Crippen molar-refractivity contribution < 1.29 is 98.7 Å². The third-order valence-electron chi connectivity index (χ3n) is 9.07. The van der Waals surface area contributed by atoms with Crippen LogP contribution in [0.15, 0.2) is 4.99 Å². The van der Waals surface area contributed by atoms with Crippen LogP contribution in [-0.4, -0.2) is 141 Å². The molecule has 0 aromatic heterocycles. The van der Waals surface area contributed by atoms with E-state index in [0.717, 1.165) is 39.5 Å². The Kier molecular flexibility index (Phi) is 24.0. The molecule has 53 heavy (non-hydrogen) atoms. The van der Waals surface area contributed by atoms with Gasteiger partial charge >= 0.3 is 35.5 Å². The average Bonchev–Trinajstić information content (AvgIpc) is 3.08. The monoisotopic (exact) mass is 770 g/mol. The van der Waals surface area contributed by atoms with E-state index in [9.17, 15) is 54.9 Å². The summed E-state index contributed by atoms with van der Waals surface area (Å²) in [6, 6.07) is -4.59. The minimum absolute atomic E-state index is 0. The van der Waals surface area contributed by atoms with Crippen molar-refractivity contribution in [3.05, 3.63) is 0 Å². The van der Waals surface area contributed by atoms with Gasteiger partial charge in [0, 0.05) is 13.3 Å². The van der Waals surface area contributed by atoms with Gasteiger partial charge in [-0.2, -0.15) is 0 Å². The van der Waals surface area contributed by atoms with Crippen LogP contribution in [0.3, 0.4) is 0 Å². The molecular weight excluding hydrogens is 711 g/mol. The molecular formula is C34H59N4NaO14. The summed E-state index contributed by atoms with van der Waals surface area (Å²) in [7, 11) is 0. The van der Waals surface area contributed by atoms with E-state index in [2.05, 4.69) is 27.9 Å². The minimum Gasteiger partial charge on any atom is -0.862 e. The second-order valence-corrected chi connectivity index (χ2v) is 13.5. The van der Waals surface area contributed by atoms with E-state index in [-0.39, 0.29) is 36.0 Å². The number of carbonyl (C=O) groups excluding carboxylic acids is 3. The van der Waals surface area contributed by atoms with Gasteiger partial charge in [0.05, 0.1) is 19.6 Å². The van der Waals surface area contributed by atoms with E-state index >= 15 is 0 Å². The Labute approximate surface area is 332 Å². The fourth-order valence-electron chi connectivity index (χ4n) is 6.29. The van der Waals surface area contributed by atoms with Crippen molar-refractivity contribution in [2.24, 2.45) is 4.99 Å². The first-order valence-corrected chi connectivity index (χ1v) is 18.3. The number of aliphatic hydroxyl groups is 5. The minimum atomic E-state index is -1.81. The zero-order valence-electron chi connectivity index (χ0n) is 31.4. The van der Waals surface area contributed by atoms with Gasteiger partial charge in [0.2, 0.25) is 17.7 Å². The van der Waals surface area contributed by atoms with Crippen LogP contribution in [0, 0.1) is 0 Å². The van der Waals surface area contributed by atoms with Crippen molar-refractivity contribution in [2.75, 3.05) is 13.2 Å². The summed E-state index contributed by atoms with van der Waals surface area (Å²) in [5.41, 5.74) is 0. The first-order chi connectivity index (χ1) is 24.7. The van der Waals surface area contributed by atoms with Gasteiger partial charge in [-0.05, 0) is 19.2 Å². The molecule has 0 aromatic carbocycles. The number of hydrogen-bond donors (Lipinski definition) is 9.